The van der Waals surface area contributed by atoms with Gasteiger partial charge in [-0.3, -0.25) is 4.79 Å². The van der Waals surface area contributed by atoms with Gasteiger partial charge in [0.25, 0.3) is 0 Å². The van der Waals surface area contributed by atoms with Crippen molar-refractivity contribution >= 4 is 17.5 Å². The summed E-state index contributed by atoms with van der Waals surface area (Å²) in [7, 11) is 1.65. The van der Waals surface area contributed by atoms with Gasteiger partial charge in [-0.2, -0.15) is 0 Å². The quantitative estimate of drug-likeness (QED) is 0.720. The minimum atomic E-state index is -0.0175. The summed E-state index contributed by atoms with van der Waals surface area (Å²) in [6.07, 6.45) is 4.82. The molecule has 0 spiro atoms. The Morgan fingerprint density at radius 3 is 2.55 bits per heavy atom. The third-order valence-electron chi connectivity index (χ3n) is 5.14. The van der Waals surface area contributed by atoms with Crippen molar-refractivity contribution in [1.82, 2.24) is 15.0 Å². The molecule has 1 aliphatic rings. The number of piperidine rings is 1. The maximum absolute atomic E-state index is 12.5. The molecule has 0 aliphatic carbocycles. The SMILES string of the molecule is COc1ccc(-c2cc(N3CCC(C(=O)Nc4ccccn4)CC3)ncn2)cc1. The van der Waals surface area contributed by atoms with E-state index in [1.165, 1.54) is 0 Å². The number of nitrogens with one attached hydrogen (secondary N) is 1. The molecule has 1 aromatic carbocycles. The molecule has 0 bridgehead atoms. The number of anilines is 2. The number of carbonyl (C=O) groups is 1. The molecule has 0 saturated carbocycles. The second-order valence-electron chi connectivity index (χ2n) is 6.96. The van der Waals surface area contributed by atoms with Crippen LogP contribution < -0.4 is 15.0 Å². The zero-order valence-corrected chi connectivity index (χ0v) is 16.3. The Hall–Kier alpha value is -3.48. The summed E-state index contributed by atoms with van der Waals surface area (Å²) in [6.45, 7) is 1.55. The maximum atomic E-state index is 12.5. The van der Waals surface area contributed by atoms with Crippen molar-refractivity contribution in [2.75, 3.05) is 30.4 Å². The molecule has 1 N–H and O–H groups in total. The van der Waals surface area contributed by atoms with Crippen LogP contribution in [-0.4, -0.2) is 41.1 Å². The number of rotatable bonds is 5. The summed E-state index contributed by atoms with van der Waals surface area (Å²) in [4.78, 5) is 27.7. The normalized spacial score (nSPS) is 14.4. The van der Waals surface area contributed by atoms with Gasteiger partial charge in [0.15, 0.2) is 0 Å². The fourth-order valence-corrected chi connectivity index (χ4v) is 3.48. The Bertz CT molecular complexity index is 954. The van der Waals surface area contributed by atoms with E-state index in [1.54, 1.807) is 25.7 Å². The van der Waals surface area contributed by atoms with E-state index in [2.05, 4.69) is 25.2 Å². The van der Waals surface area contributed by atoms with E-state index in [-0.39, 0.29) is 11.8 Å². The van der Waals surface area contributed by atoms with E-state index in [4.69, 9.17) is 4.74 Å². The lowest BCUT2D eigenvalue weighted by Gasteiger charge is -2.32. The summed E-state index contributed by atoms with van der Waals surface area (Å²) in [5.41, 5.74) is 1.88. The molecule has 0 atom stereocenters. The molecule has 4 rings (SSSR count). The molecule has 3 aromatic rings. The molecule has 1 amide bonds. The number of hydrogen-bond donors (Lipinski definition) is 1. The van der Waals surface area contributed by atoms with E-state index in [9.17, 15) is 4.79 Å². The highest BCUT2D eigenvalue weighted by molar-refractivity contribution is 5.91. The van der Waals surface area contributed by atoms with Crippen LogP contribution in [0.3, 0.4) is 0 Å². The third kappa shape index (κ3) is 4.51. The van der Waals surface area contributed by atoms with Gasteiger partial charge in [0.2, 0.25) is 5.91 Å². The van der Waals surface area contributed by atoms with Gasteiger partial charge in [-0.1, -0.05) is 6.07 Å². The highest BCUT2D eigenvalue weighted by Gasteiger charge is 2.26. The smallest absolute Gasteiger partial charge is 0.228 e. The first-order chi connectivity index (χ1) is 14.2. The highest BCUT2D eigenvalue weighted by Crippen LogP contribution is 2.26. The Morgan fingerprint density at radius 2 is 1.86 bits per heavy atom. The van der Waals surface area contributed by atoms with Crippen LogP contribution in [0.2, 0.25) is 0 Å². The number of carbonyl (C=O) groups excluding carboxylic acids is 1. The molecule has 1 saturated heterocycles. The number of hydrogen-bond acceptors (Lipinski definition) is 6. The standard InChI is InChI=1S/C22H23N5O2/c1-29-18-7-5-16(6-8-18)19-14-21(25-15-24-19)27-12-9-17(10-13-27)22(28)26-20-4-2-3-11-23-20/h2-8,11,14-15,17H,9-10,12-13H2,1H3,(H,23,26,28). The fourth-order valence-electron chi connectivity index (χ4n) is 3.48. The predicted molar refractivity (Wildman–Crippen MR) is 112 cm³/mol. The largest absolute Gasteiger partial charge is 0.497 e. The Morgan fingerprint density at radius 1 is 1.07 bits per heavy atom. The molecular formula is C22H23N5O2. The molecule has 3 heterocycles. The zero-order chi connectivity index (χ0) is 20.1. The second-order valence-corrected chi connectivity index (χ2v) is 6.96. The number of nitrogens with zero attached hydrogens (tertiary/aromatic N) is 4. The van der Waals surface area contributed by atoms with Gasteiger partial charge >= 0.3 is 0 Å². The van der Waals surface area contributed by atoms with E-state index < -0.39 is 0 Å². The Labute approximate surface area is 169 Å². The zero-order valence-electron chi connectivity index (χ0n) is 16.3. The fraction of sp³-hybridized carbons (Fsp3) is 0.273. The molecule has 1 aliphatic heterocycles. The van der Waals surface area contributed by atoms with E-state index >= 15 is 0 Å². The van der Waals surface area contributed by atoms with Crippen LogP contribution in [0, 0.1) is 5.92 Å². The number of amides is 1. The van der Waals surface area contributed by atoms with Crippen molar-refractivity contribution in [3.8, 4) is 17.0 Å². The minimum absolute atomic E-state index is 0.0175. The Kier molecular flexibility index (Phi) is 5.65. The van der Waals surface area contributed by atoms with Gasteiger partial charge in [-0.15, -0.1) is 0 Å². The molecule has 0 unspecified atom stereocenters. The van der Waals surface area contributed by atoms with Gasteiger partial charge in [-0.25, -0.2) is 15.0 Å². The Balaban J connectivity index is 1.39. The molecule has 7 heteroatoms. The van der Waals surface area contributed by atoms with Crippen LogP contribution in [0.5, 0.6) is 5.75 Å². The van der Waals surface area contributed by atoms with Crippen molar-refractivity contribution in [2.45, 2.75) is 12.8 Å². The lowest BCUT2D eigenvalue weighted by atomic mass is 9.96. The van der Waals surface area contributed by atoms with Gasteiger partial charge < -0.3 is 15.0 Å². The molecule has 2 aromatic heterocycles. The van der Waals surface area contributed by atoms with Crippen molar-refractivity contribution in [1.29, 1.82) is 0 Å². The van der Waals surface area contributed by atoms with Crippen LogP contribution >= 0.6 is 0 Å². The third-order valence-corrected chi connectivity index (χ3v) is 5.14. The van der Waals surface area contributed by atoms with Gasteiger partial charge in [0, 0.05) is 36.8 Å². The van der Waals surface area contributed by atoms with E-state index in [1.807, 2.05) is 42.5 Å². The van der Waals surface area contributed by atoms with Crippen molar-refractivity contribution in [2.24, 2.45) is 5.92 Å². The van der Waals surface area contributed by atoms with Crippen LogP contribution in [0.4, 0.5) is 11.6 Å². The van der Waals surface area contributed by atoms with Gasteiger partial charge in [0.1, 0.15) is 23.7 Å². The molecule has 29 heavy (non-hydrogen) atoms. The summed E-state index contributed by atoms with van der Waals surface area (Å²) < 4.78 is 5.21. The molecular weight excluding hydrogens is 366 g/mol. The number of pyridine rings is 1. The number of ether oxygens (including phenoxy) is 1. The summed E-state index contributed by atoms with van der Waals surface area (Å²) in [5.74, 6) is 2.31. The van der Waals surface area contributed by atoms with Gasteiger partial charge in [0.05, 0.1) is 12.8 Å². The summed E-state index contributed by atoms with van der Waals surface area (Å²) >= 11 is 0. The van der Waals surface area contributed by atoms with Crippen molar-refractivity contribution in [3.63, 3.8) is 0 Å². The molecule has 1 fully saturated rings. The minimum Gasteiger partial charge on any atom is -0.497 e. The monoisotopic (exact) mass is 389 g/mol. The van der Waals surface area contributed by atoms with Crippen LogP contribution in [0.1, 0.15) is 12.8 Å². The topological polar surface area (TPSA) is 80.2 Å². The average molecular weight is 389 g/mol. The summed E-state index contributed by atoms with van der Waals surface area (Å²) in [5, 5.41) is 2.90. The lowest BCUT2D eigenvalue weighted by Crippen LogP contribution is -2.38. The highest BCUT2D eigenvalue weighted by atomic mass is 16.5. The second kappa shape index (κ2) is 8.68. The van der Waals surface area contributed by atoms with Gasteiger partial charge in [-0.05, 0) is 49.2 Å². The number of benzene rings is 1. The average Bonchev–Trinajstić information content (AvgIpc) is 2.80. The molecule has 0 radical (unpaired) electrons. The van der Waals surface area contributed by atoms with Crippen LogP contribution in [0.15, 0.2) is 61.1 Å². The maximum Gasteiger partial charge on any atom is 0.228 e. The first-order valence-electron chi connectivity index (χ1n) is 9.66. The first kappa shape index (κ1) is 18.9. The van der Waals surface area contributed by atoms with E-state index in [0.29, 0.717) is 5.82 Å². The number of aromatic nitrogens is 3. The lowest BCUT2D eigenvalue weighted by molar-refractivity contribution is -0.120. The molecule has 148 valence electrons. The predicted octanol–water partition coefficient (Wildman–Crippen LogP) is 3.40. The first-order valence-corrected chi connectivity index (χ1v) is 9.66. The number of methoxy groups -OCH3 is 1. The molecule has 7 nitrogen and oxygen atoms in total. The summed E-state index contributed by atoms with van der Waals surface area (Å²) in [6, 6.07) is 15.3. The van der Waals surface area contributed by atoms with E-state index in [0.717, 1.165) is 48.8 Å². The van der Waals surface area contributed by atoms with Crippen LogP contribution in [0.25, 0.3) is 11.3 Å². The van der Waals surface area contributed by atoms with Crippen molar-refractivity contribution in [3.05, 3.63) is 61.1 Å². The van der Waals surface area contributed by atoms with Crippen LogP contribution in [-0.2, 0) is 4.79 Å². The van der Waals surface area contributed by atoms with Crippen molar-refractivity contribution < 1.29 is 9.53 Å².